The first kappa shape index (κ1) is 5.56. The molecule has 2 unspecified atom stereocenters. The quantitative estimate of drug-likeness (QED) is 0.591. The summed E-state index contributed by atoms with van der Waals surface area (Å²) in [4.78, 5) is 2.57. The van der Waals surface area contributed by atoms with Crippen molar-refractivity contribution < 1.29 is 5.11 Å². The summed E-state index contributed by atoms with van der Waals surface area (Å²) in [6, 6.07) is 0.983. The minimum atomic E-state index is 0.364. The first-order valence-corrected chi connectivity index (χ1v) is 4.28. The topological polar surface area (TPSA) is 23.5 Å². The number of nitrogens with zero attached hydrogens (tertiary/aromatic N) is 1. The lowest BCUT2D eigenvalue weighted by atomic mass is 10.2. The molecular formula is C8H13NO. The predicted molar refractivity (Wildman–Crippen MR) is 37.5 cm³/mol. The van der Waals surface area contributed by atoms with Crippen LogP contribution in [0.1, 0.15) is 6.42 Å². The van der Waals surface area contributed by atoms with Gasteiger partial charge in [-0.2, -0.15) is 0 Å². The average molecular weight is 139 g/mol. The zero-order valence-electron chi connectivity index (χ0n) is 6.03. The second-order valence-corrected chi connectivity index (χ2v) is 3.88. The third-order valence-electron chi connectivity index (χ3n) is 3.41. The normalized spacial score (nSPS) is 54.9. The van der Waals surface area contributed by atoms with Crippen LogP contribution in [0.25, 0.3) is 0 Å². The molecule has 0 aromatic heterocycles. The molecule has 1 N–H and O–H groups in total. The molecule has 4 aliphatic rings. The van der Waals surface area contributed by atoms with Crippen molar-refractivity contribution in [2.45, 2.75) is 12.5 Å². The summed E-state index contributed by atoms with van der Waals surface area (Å²) in [6.45, 7) is 2.86. The van der Waals surface area contributed by atoms with Gasteiger partial charge in [-0.25, -0.2) is 0 Å². The minimum Gasteiger partial charge on any atom is -0.396 e. The van der Waals surface area contributed by atoms with Crippen LogP contribution in [-0.4, -0.2) is 35.7 Å². The molecule has 0 spiro atoms. The molecule has 2 aliphatic carbocycles. The summed E-state index contributed by atoms with van der Waals surface area (Å²) in [5.41, 5.74) is 0. The molecule has 2 saturated carbocycles. The molecule has 4 fully saturated rings. The highest BCUT2D eigenvalue weighted by Crippen LogP contribution is 2.75. The minimum absolute atomic E-state index is 0.364. The lowest BCUT2D eigenvalue weighted by molar-refractivity contribution is 0.242. The van der Waals surface area contributed by atoms with E-state index < -0.39 is 0 Å². The largest absolute Gasteiger partial charge is 0.396 e. The molecule has 0 aromatic rings. The van der Waals surface area contributed by atoms with Crippen LogP contribution in [0, 0.1) is 17.8 Å². The molecule has 2 saturated heterocycles. The monoisotopic (exact) mass is 139 g/mol. The van der Waals surface area contributed by atoms with Crippen molar-refractivity contribution in [2.75, 3.05) is 19.7 Å². The van der Waals surface area contributed by atoms with Crippen LogP contribution in [-0.2, 0) is 0 Å². The second-order valence-electron chi connectivity index (χ2n) is 3.88. The first-order chi connectivity index (χ1) is 4.93. The maximum Gasteiger partial charge on any atom is 0.0443 e. The second kappa shape index (κ2) is 1.56. The van der Waals surface area contributed by atoms with Gasteiger partial charge in [0, 0.05) is 25.7 Å². The Kier molecular flexibility index (Phi) is 0.868. The van der Waals surface area contributed by atoms with Gasteiger partial charge in [0.25, 0.3) is 0 Å². The SMILES string of the molecule is OCCCN1CC2C3C2C31. The van der Waals surface area contributed by atoms with Crippen LogP contribution in [0.15, 0.2) is 0 Å². The molecule has 56 valence electrons. The van der Waals surface area contributed by atoms with E-state index in [0.29, 0.717) is 6.61 Å². The Bertz CT molecular complexity index is 154. The van der Waals surface area contributed by atoms with E-state index in [1.54, 1.807) is 0 Å². The van der Waals surface area contributed by atoms with Crippen LogP contribution in [0.2, 0.25) is 0 Å². The number of fused-ring (bicyclic) bond motifs is 1. The smallest absolute Gasteiger partial charge is 0.0443 e. The number of hydrogen-bond donors (Lipinski definition) is 1. The Balaban J connectivity index is 1.55. The van der Waals surface area contributed by atoms with E-state index in [9.17, 15) is 0 Å². The fraction of sp³-hybridized carbons (Fsp3) is 1.00. The zero-order valence-corrected chi connectivity index (χ0v) is 6.03. The summed E-state index contributed by atoms with van der Waals surface area (Å²) < 4.78 is 0. The van der Waals surface area contributed by atoms with Gasteiger partial charge < -0.3 is 5.11 Å². The van der Waals surface area contributed by atoms with Crippen LogP contribution in [0.3, 0.4) is 0 Å². The highest BCUT2D eigenvalue weighted by Gasteiger charge is 2.79. The van der Waals surface area contributed by atoms with Crippen LogP contribution >= 0.6 is 0 Å². The highest BCUT2D eigenvalue weighted by atomic mass is 16.3. The third kappa shape index (κ3) is 0.487. The lowest BCUT2D eigenvalue weighted by Gasteiger charge is -2.13. The van der Waals surface area contributed by atoms with Crippen molar-refractivity contribution >= 4 is 0 Å². The Morgan fingerprint density at radius 2 is 2.20 bits per heavy atom. The van der Waals surface area contributed by atoms with Crippen molar-refractivity contribution in [1.82, 2.24) is 4.90 Å². The summed E-state index contributed by atoms with van der Waals surface area (Å²) in [7, 11) is 0. The van der Waals surface area contributed by atoms with Gasteiger partial charge in [-0.3, -0.25) is 4.90 Å². The molecular weight excluding hydrogens is 126 g/mol. The van der Waals surface area contributed by atoms with Crippen LogP contribution < -0.4 is 0 Å². The lowest BCUT2D eigenvalue weighted by Crippen LogP contribution is -2.23. The fourth-order valence-electron chi connectivity index (χ4n) is 2.77. The molecule has 2 nitrogen and oxygen atoms in total. The van der Waals surface area contributed by atoms with E-state index in [4.69, 9.17) is 5.11 Å². The molecule has 0 radical (unpaired) electrons. The van der Waals surface area contributed by atoms with Crippen molar-refractivity contribution in [3.05, 3.63) is 0 Å². The predicted octanol–water partition coefficient (Wildman–Crippen LogP) is -0.0712. The Labute approximate surface area is 60.8 Å². The Morgan fingerprint density at radius 3 is 2.70 bits per heavy atom. The van der Waals surface area contributed by atoms with Gasteiger partial charge in [-0.1, -0.05) is 0 Å². The molecule has 2 bridgehead atoms. The van der Waals surface area contributed by atoms with E-state index >= 15 is 0 Å². The maximum atomic E-state index is 8.61. The van der Waals surface area contributed by atoms with Gasteiger partial charge in [0.15, 0.2) is 0 Å². The molecule has 2 aliphatic heterocycles. The summed E-state index contributed by atoms with van der Waals surface area (Å²) in [5.74, 6) is 3.35. The average Bonchev–Trinajstić information content (AvgIpc) is 2.75. The number of aliphatic hydroxyl groups excluding tert-OH is 1. The molecule has 2 atom stereocenters. The maximum absolute atomic E-state index is 8.61. The van der Waals surface area contributed by atoms with Crippen molar-refractivity contribution in [3.63, 3.8) is 0 Å². The first-order valence-electron chi connectivity index (χ1n) is 4.28. The molecule has 2 heteroatoms. The molecule has 0 aromatic carbocycles. The van der Waals surface area contributed by atoms with E-state index in [-0.39, 0.29) is 0 Å². The van der Waals surface area contributed by atoms with Crippen LogP contribution in [0.5, 0.6) is 0 Å². The number of aliphatic hydroxyl groups is 1. The number of rotatable bonds is 3. The Hall–Kier alpha value is -0.0800. The summed E-state index contributed by atoms with van der Waals surface area (Å²) >= 11 is 0. The molecule has 2 heterocycles. The van der Waals surface area contributed by atoms with Gasteiger partial charge in [0.1, 0.15) is 0 Å². The molecule has 4 rings (SSSR count). The van der Waals surface area contributed by atoms with Gasteiger partial charge >= 0.3 is 0 Å². The number of hydrogen-bond acceptors (Lipinski definition) is 2. The van der Waals surface area contributed by atoms with Crippen LogP contribution in [0.4, 0.5) is 0 Å². The van der Waals surface area contributed by atoms with E-state index in [0.717, 1.165) is 36.8 Å². The van der Waals surface area contributed by atoms with E-state index in [1.807, 2.05) is 0 Å². The zero-order chi connectivity index (χ0) is 6.72. The standard InChI is InChI=1S/C8H13NO/c10-3-1-2-9-4-5-6-7(5)8(6)9/h5-8,10H,1-4H2. The molecule has 0 amide bonds. The van der Waals surface area contributed by atoms with Gasteiger partial charge in [-0.05, 0) is 24.2 Å². The highest BCUT2D eigenvalue weighted by molar-refractivity contribution is 5.30. The van der Waals surface area contributed by atoms with Crippen molar-refractivity contribution in [2.24, 2.45) is 17.8 Å². The number of piperidine rings is 1. The van der Waals surface area contributed by atoms with Crippen molar-refractivity contribution in [1.29, 1.82) is 0 Å². The summed E-state index contributed by atoms with van der Waals surface area (Å²) in [5, 5.41) is 8.61. The Morgan fingerprint density at radius 1 is 1.40 bits per heavy atom. The van der Waals surface area contributed by atoms with Crippen molar-refractivity contribution in [3.8, 4) is 0 Å². The fourth-order valence-corrected chi connectivity index (χ4v) is 2.77. The van der Waals surface area contributed by atoms with Gasteiger partial charge in [0.05, 0.1) is 0 Å². The van der Waals surface area contributed by atoms with Gasteiger partial charge in [0.2, 0.25) is 0 Å². The third-order valence-corrected chi connectivity index (χ3v) is 3.41. The summed E-state index contributed by atoms with van der Waals surface area (Å²) in [6.07, 6.45) is 0.975. The van der Waals surface area contributed by atoms with E-state index in [1.165, 1.54) is 6.54 Å². The van der Waals surface area contributed by atoms with Gasteiger partial charge in [-0.15, -0.1) is 0 Å². The molecule has 10 heavy (non-hydrogen) atoms. The van der Waals surface area contributed by atoms with E-state index in [2.05, 4.69) is 4.90 Å².